The molecular weight excluding hydrogens is 148 g/mol. The number of carbonyl (C=O) groups excluding carboxylic acids is 2. The van der Waals surface area contributed by atoms with Crippen LogP contribution in [0, 0.1) is 0 Å². The Morgan fingerprint density at radius 2 is 2.55 bits per heavy atom. The summed E-state index contributed by atoms with van der Waals surface area (Å²) in [5.41, 5.74) is 0.668. The molecule has 11 heavy (non-hydrogen) atoms. The Morgan fingerprint density at radius 3 is 3.00 bits per heavy atom. The van der Waals surface area contributed by atoms with E-state index in [1.165, 1.54) is 13.2 Å². The van der Waals surface area contributed by atoms with Crippen molar-refractivity contribution < 1.29 is 19.1 Å². The van der Waals surface area contributed by atoms with E-state index in [4.69, 9.17) is 0 Å². The monoisotopic (exact) mass is 156 g/mol. The lowest BCUT2D eigenvalue weighted by Gasteiger charge is -1.97. The van der Waals surface area contributed by atoms with Crippen LogP contribution in [0.2, 0.25) is 0 Å². The highest BCUT2D eigenvalue weighted by atomic mass is 16.5. The molecule has 1 heterocycles. The number of hydrogen-bond donors (Lipinski definition) is 0. The van der Waals surface area contributed by atoms with Crippen LogP contribution < -0.4 is 0 Å². The Labute approximate surface area is 63.8 Å². The van der Waals surface area contributed by atoms with Gasteiger partial charge in [0, 0.05) is 6.08 Å². The van der Waals surface area contributed by atoms with Crippen LogP contribution in [0.1, 0.15) is 6.42 Å². The smallest absolute Gasteiger partial charge is 0.331 e. The molecule has 0 unspecified atom stereocenters. The lowest BCUT2D eigenvalue weighted by molar-refractivity contribution is -0.140. The molecular formula is C7H8O4. The Morgan fingerprint density at radius 1 is 1.82 bits per heavy atom. The largest absolute Gasteiger partial charge is 0.469 e. The molecule has 0 aromatic rings. The predicted octanol–water partition coefficient (Wildman–Crippen LogP) is 0.0327. The SMILES string of the molecule is COC(=O)CC1=CC(=O)OC1. The summed E-state index contributed by atoms with van der Waals surface area (Å²) >= 11 is 0. The first-order chi connectivity index (χ1) is 5.22. The fraction of sp³-hybridized carbons (Fsp3) is 0.429. The van der Waals surface area contributed by atoms with Crippen molar-refractivity contribution in [2.75, 3.05) is 13.7 Å². The Hall–Kier alpha value is -1.32. The van der Waals surface area contributed by atoms with Crippen molar-refractivity contribution in [1.82, 2.24) is 0 Å². The summed E-state index contributed by atoms with van der Waals surface area (Å²) < 4.78 is 8.97. The summed E-state index contributed by atoms with van der Waals surface area (Å²) in [7, 11) is 1.31. The van der Waals surface area contributed by atoms with E-state index < -0.39 is 0 Å². The van der Waals surface area contributed by atoms with E-state index in [0.717, 1.165) is 0 Å². The summed E-state index contributed by atoms with van der Waals surface area (Å²) in [4.78, 5) is 21.1. The highest BCUT2D eigenvalue weighted by Gasteiger charge is 2.15. The van der Waals surface area contributed by atoms with Crippen molar-refractivity contribution in [3.63, 3.8) is 0 Å². The van der Waals surface area contributed by atoms with E-state index in [-0.39, 0.29) is 25.0 Å². The molecule has 1 aliphatic rings. The zero-order valence-electron chi connectivity index (χ0n) is 6.12. The van der Waals surface area contributed by atoms with Crippen LogP contribution in [0.4, 0.5) is 0 Å². The van der Waals surface area contributed by atoms with Crippen molar-refractivity contribution in [3.8, 4) is 0 Å². The zero-order valence-corrected chi connectivity index (χ0v) is 6.12. The molecule has 1 rings (SSSR count). The Bertz CT molecular complexity index is 216. The van der Waals surface area contributed by atoms with Crippen molar-refractivity contribution in [1.29, 1.82) is 0 Å². The van der Waals surface area contributed by atoms with E-state index >= 15 is 0 Å². The van der Waals surface area contributed by atoms with Gasteiger partial charge >= 0.3 is 11.9 Å². The first-order valence-corrected chi connectivity index (χ1v) is 3.15. The number of methoxy groups -OCH3 is 1. The summed E-state index contributed by atoms with van der Waals surface area (Å²) in [6, 6.07) is 0. The lowest BCUT2D eigenvalue weighted by atomic mass is 10.2. The van der Waals surface area contributed by atoms with Crippen molar-refractivity contribution in [2.24, 2.45) is 0 Å². The topological polar surface area (TPSA) is 52.6 Å². The second kappa shape index (κ2) is 3.18. The first kappa shape index (κ1) is 7.78. The molecule has 0 saturated heterocycles. The lowest BCUT2D eigenvalue weighted by Crippen LogP contribution is -2.02. The third-order valence-corrected chi connectivity index (χ3v) is 1.32. The molecule has 0 atom stereocenters. The third kappa shape index (κ3) is 2.07. The zero-order chi connectivity index (χ0) is 8.27. The second-order valence-corrected chi connectivity index (χ2v) is 2.16. The van der Waals surface area contributed by atoms with Gasteiger partial charge in [0.15, 0.2) is 0 Å². The molecule has 0 N–H and O–H groups in total. The highest BCUT2D eigenvalue weighted by Crippen LogP contribution is 2.10. The number of cyclic esters (lactones) is 1. The van der Waals surface area contributed by atoms with Gasteiger partial charge in [-0.1, -0.05) is 0 Å². The maximum Gasteiger partial charge on any atom is 0.331 e. The normalized spacial score (nSPS) is 15.7. The standard InChI is InChI=1S/C7H8O4/c1-10-6(8)2-5-3-7(9)11-4-5/h3H,2,4H2,1H3. The van der Waals surface area contributed by atoms with Gasteiger partial charge in [-0.25, -0.2) is 4.79 Å². The molecule has 0 aromatic carbocycles. The number of rotatable bonds is 2. The minimum Gasteiger partial charge on any atom is -0.469 e. The molecule has 0 spiro atoms. The quantitative estimate of drug-likeness (QED) is 0.529. The van der Waals surface area contributed by atoms with Gasteiger partial charge in [0.05, 0.1) is 13.5 Å². The molecule has 0 bridgehead atoms. The molecule has 0 aliphatic carbocycles. The summed E-state index contributed by atoms with van der Waals surface area (Å²) in [5, 5.41) is 0. The molecule has 0 aromatic heterocycles. The van der Waals surface area contributed by atoms with Gasteiger partial charge in [0.25, 0.3) is 0 Å². The molecule has 60 valence electrons. The third-order valence-electron chi connectivity index (χ3n) is 1.32. The van der Waals surface area contributed by atoms with E-state index in [0.29, 0.717) is 5.57 Å². The second-order valence-electron chi connectivity index (χ2n) is 2.16. The average molecular weight is 156 g/mol. The van der Waals surface area contributed by atoms with Crippen molar-refractivity contribution in [3.05, 3.63) is 11.6 Å². The molecule has 0 fully saturated rings. The van der Waals surface area contributed by atoms with Crippen LogP contribution in [0.5, 0.6) is 0 Å². The van der Waals surface area contributed by atoms with E-state index in [9.17, 15) is 9.59 Å². The Kier molecular flexibility index (Phi) is 2.25. The van der Waals surface area contributed by atoms with Crippen LogP contribution in [0.25, 0.3) is 0 Å². The minimum absolute atomic E-state index is 0.141. The molecule has 0 amide bonds. The summed E-state index contributed by atoms with van der Waals surface area (Å²) in [6.07, 6.45) is 1.46. The van der Waals surface area contributed by atoms with Crippen molar-refractivity contribution >= 4 is 11.9 Å². The van der Waals surface area contributed by atoms with Gasteiger partial charge in [0.2, 0.25) is 0 Å². The Balaban J connectivity index is 2.44. The van der Waals surface area contributed by atoms with Gasteiger partial charge in [-0.05, 0) is 5.57 Å². The number of ether oxygens (including phenoxy) is 2. The number of carbonyl (C=O) groups is 2. The van der Waals surface area contributed by atoms with Crippen molar-refractivity contribution in [2.45, 2.75) is 6.42 Å². The summed E-state index contributed by atoms with van der Waals surface area (Å²) in [6.45, 7) is 0.216. The molecule has 0 saturated carbocycles. The predicted molar refractivity (Wildman–Crippen MR) is 35.7 cm³/mol. The van der Waals surface area contributed by atoms with Gasteiger partial charge in [-0.2, -0.15) is 0 Å². The maximum absolute atomic E-state index is 10.6. The van der Waals surface area contributed by atoms with Crippen LogP contribution in [-0.4, -0.2) is 25.7 Å². The molecule has 0 radical (unpaired) electrons. The van der Waals surface area contributed by atoms with Crippen LogP contribution >= 0.6 is 0 Å². The van der Waals surface area contributed by atoms with E-state index in [2.05, 4.69) is 9.47 Å². The molecule has 4 nitrogen and oxygen atoms in total. The number of esters is 2. The number of hydrogen-bond acceptors (Lipinski definition) is 4. The minimum atomic E-state index is -0.385. The first-order valence-electron chi connectivity index (χ1n) is 3.15. The van der Waals surface area contributed by atoms with Crippen LogP contribution in [-0.2, 0) is 19.1 Å². The van der Waals surface area contributed by atoms with Crippen LogP contribution in [0.15, 0.2) is 11.6 Å². The molecule has 4 heteroatoms. The molecule has 1 aliphatic heterocycles. The van der Waals surface area contributed by atoms with Crippen LogP contribution in [0.3, 0.4) is 0 Å². The van der Waals surface area contributed by atoms with Gasteiger partial charge in [-0.15, -0.1) is 0 Å². The fourth-order valence-corrected chi connectivity index (χ4v) is 0.773. The van der Waals surface area contributed by atoms with Gasteiger partial charge in [0.1, 0.15) is 6.61 Å². The van der Waals surface area contributed by atoms with Gasteiger partial charge in [-0.3, -0.25) is 4.79 Å². The maximum atomic E-state index is 10.6. The summed E-state index contributed by atoms with van der Waals surface area (Å²) in [5.74, 6) is -0.738. The van der Waals surface area contributed by atoms with E-state index in [1.54, 1.807) is 0 Å². The average Bonchev–Trinajstić information content (AvgIpc) is 2.35. The fourth-order valence-electron chi connectivity index (χ4n) is 0.773. The van der Waals surface area contributed by atoms with E-state index in [1.807, 2.05) is 0 Å². The van der Waals surface area contributed by atoms with Gasteiger partial charge < -0.3 is 9.47 Å². The highest BCUT2D eigenvalue weighted by molar-refractivity contribution is 5.87.